The maximum Gasteiger partial charge on any atom is 0.138 e. The van der Waals surface area contributed by atoms with Gasteiger partial charge in [0.2, 0.25) is 0 Å². The number of imidazole rings is 1. The zero-order chi connectivity index (χ0) is 17.5. The Kier molecular flexibility index (Phi) is 5.74. The van der Waals surface area contributed by atoms with Gasteiger partial charge in [0.05, 0.1) is 12.0 Å². The van der Waals surface area contributed by atoms with Crippen molar-refractivity contribution in [3.8, 4) is 5.75 Å². The molecule has 3 rings (SSSR count). The van der Waals surface area contributed by atoms with Gasteiger partial charge < -0.3 is 9.67 Å². The Bertz CT molecular complexity index is 774. The Morgan fingerprint density at radius 1 is 1.12 bits per heavy atom. The highest BCUT2D eigenvalue weighted by atomic mass is 16.3. The van der Waals surface area contributed by atoms with Crippen molar-refractivity contribution in [1.29, 1.82) is 0 Å². The number of nitrogens with zero attached hydrogens (tertiary/aromatic N) is 5. The summed E-state index contributed by atoms with van der Waals surface area (Å²) in [5.41, 5.74) is 2.77. The zero-order valence-corrected chi connectivity index (χ0v) is 14.4. The fraction of sp³-hybridized carbons (Fsp3) is 0.316. The molecule has 0 amide bonds. The normalized spacial score (nSPS) is 11.1. The summed E-state index contributed by atoms with van der Waals surface area (Å²) >= 11 is 0. The molecule has 25 heavy (non-hydrogen) atoms. The first-order valence-electron chi connectivity index (χ1n) is 8.43. The summed E-state index contributed by atoms with van der Waals surface area (Å²) in [6, 6.07) is 7.55. The maximum atomic E-state index is 10.1. The molecule has 0 radical (unpaired) electrons. The number of aromatic nitrogens is 4. The predicted molar refractivity (Wildman–Crippen MR) is 95.8 cm³/mol. The Hall–Kier alpha value is -2.73. The van der Waals surface area contributed by atoms with Gasteiger partial charge in [0.1, 0.15) is 5.75 Å². The summed E-state index contributed by atoms with van der Waals surface area (Å²) < 4.78 is 2.07. The van der Waals surface area contributed by atoms with Crippen molar-refractivity contribution in [2.45, 2.75) is 33.0 Å². The van der Waals surface area contributed by atoms with Crippen LogP contribution in [0.1, 0.15) is 23.4 Å². The van der Waals surface area contributed by atoms with Gasteiger partial charge in [0.25, 0.3) is 0 Å². The Morgan fingerprint density at radius 2 is 2.04 bits per heavy atom. The molecule has 3 heterocycles. The Morgan fingerprint density at radius 3 is 2.80 bits per heavy atom. The molecule has 0 aliphatic rings. The van der Waals surface area contributed by atoms with Crippen molar-refractivity contribution in [2.75, 3.05) is 6.54 Å². The minimum Gasteiger partial charge on any atom is -0.506 e. The van der Waals surface area contributed by atoms with E-state index in [1.165, 1.54) is 0 Å². The maximum absolute atomic E-state index is 10.1. The summed E-state index contributed by atoms with van der Waals surface area (Å²) in [6.07, 6.45) is 10.2. The van der Waals surface area contributed by atoms with E-state index in [9.17, 15) is 5.11 Å². The van der Waals surface area contributed by atoms with Crippen LogP contribution in [0.5, 0.6) is 5.75 Å². The summed E-state index contributed by atoms with van der Waals surface area (Å²) in [5, 5.41) is 10.1. The Labute approximate surface area is 147 Å². The molecule has 0 fully saturated rings. The second kappa shape index (κ2) is 8.39. The van der Waals surface area contributed by atoms with Gasteiger partial charge in [0, 0.05) is 56.7 Å². The first-order chi connectivity index (χ1) is 12.2. The van der Waals surface area contributed by atoms with Crippen LogP contribution in [0.2, 0.25) is 0 Å². The van der Waals surface area contributed by atoms with Gasteiger partial charge in [-0.05, 0) is 37.1 Å². The first-order valence-corrected chi connectivity index (χ1v) is 8.43. The first kappa shape index (κ1) is 17.1. The number of pyridine rings is 2. The molecule has 0 saturated heterocycles. The molecule has 0 saturated carbocycles. The van der Waals surface area contributed by atoms with Crippen LogP contribution in [0.3, 0.4) is 0 Å². The number of rotatable bonds is 8. The van der Waals surface area contributed by atoms with Crippen LogP contribution in [0, 0.1) is 6.92 Å². The van der Waals surface area contributed by atoms with Gasteiger partial charge in [-0.15, -0.1) is 0 Å². The van der Waals surface area contributed by atoms with E-state index in [0.29, 0.717) is 12.2 Å². The molecule has 0 spiro atoms. The van der Waals surface area contributed by atoms with Gasteiger partial charge in [-0.3, -0.25) is 14.9 Å². The van der Waals surface area contributed by atoms with Crippen molar-refractivity contribution in [2.24, 2.45) is 0 Å². The van der Waals surface area contributed by atoms with Crippen LogP contribution in [0.15, 0.2) is 55.4 Å². The van der Waals surface area contributed by atoms with E-state index in [1.54, 1.807) is 18.5 Å². The quantitative estimate of drug-likeness (QED) is 0.684. The lowest BCUT2D eigenvalue weighted by atomic mass is 10.2. The molecule has 0 aliphatic heterocycles. The monoisotopic (exact) mass is 337 g/mol. The molecule has 0 bridgehead atoms. The molecule has 130 valence electrons. The third kappa shape index (κ3) is 5.12. The lowest BCUT2D eigenvalue weighted by molar-refractivity contribution is 0.241. The molecule has 0 unspecified atom stereocenters. The minimum absolute atomic E-state index is 0.247. The summed E-state index contributed by atoms with van der Waals surface area (Å²) in [7, 11) is 0. The molecular weight excluding hydrogens is 314 g/mol. The molecule has 0 aromatic carbocycles. The minimum atomic E-state index is 0.247. The number of hydrogen-bond acceptors (Lipinski definition) is 5. The van der Waals surface area contributed by atoms with E-state index in [1.807, 2.05) is 37.8 Å². The van der Waals surface area contributed by atoms with E-state index >= 15 is 0 Å². The average Bonchev–Trinajstić information content (AvgIpc) is 3.12. The molecule has 6 heteroatoms. The van der Waals surface area contributed by atoms with Gasteiger partial charge in [-0.25, -0.2) is 4.98 Å². The van der Waals surface area contributed by atoms with Crippen molar-refractivity contribution in [3.63, 3.8) is 0 Å². The lowest BCUT2D eigenvalue weighted by Gasteiger charge is -2.22. The van der Waals surface area contributed by atoms with Crippen LogP contribution < -0.4 is 0 Å². The molecule has 6 nitrogen and oxygen atoms in total. The predicted octanol–water partition coefficient (Wildman–Crippen LogP) is 2.78. The van der Waals surface area contributed by atoms with E-state index in [-0.39, 0.29) is 5.75 Å². The second-order valence-electron chi connectivity index (χ2n) is 6.14. The third-order valence-electron chi connectivity index (χ3n) is 4.04. The summed E-state index contributed by atoms with van der Waals surface area (Å²) in [6.45, 7) is 5.12. The van der Waals surface area contributed by atoms with Gasteiger partial charge in [-0.2, -0.15) is 0 Å². The molecular formula is C19H23N5O. The molecule has 1 N–H and O–H groups in total. The van der Waals surface area contributed by atoms with Crippen molar-refractivity contribution in [3.05, 3.63) is 72.3 Å². The largest absolute Gasteiger partial charge is 0.506 e. The van der Waals surface area contributed by atoms with E-state index in [4.69, 9.17) is 0 Å². The highest BCUT2D eigenvalue weighted by molar-refractivity contribution is 5.27. The second-order valence-corrected chi connectivity index (χ2v) is 6.14. The van der Waals surface area contributed by atoms with Crippen LogP contribution >= 0.6 is 0 Å². The number of aryl methyl sites for hydroxylation is 2. The van der Waals surface area contributed by atoms with Gasteiger partial charge in [-0.1, -0.05) is 6.07 Å². The van der Waals surface area contributed by atoms with Gasteiger partial charge >= 0.3 is 0 Å². The van der Waals surface area contributed by atoms with E-state index in [0.717, 1.165) is 37.3 Å². The van der Waals surface area contributed by atoms with Crippen molar-refractivity contribution in [1.82, 2.24) is 24.4 Å². The average molecular weight is 337 g/mol. The highest BCUT2D eigenvalue weighted by Gasteiger charge is 2.12. The number of aromatic hydroxyl groups is 1. The smallest absolute Gasteiger partial charge is 0.138 e. The van der Waals surface area contributed by atoms with Crippen molar-refractivity contribution >= 4 is 0 Å². The van der Waals surface area contributed by atoms with Crippen LogP contribution in [-0.2, 0) is 19.6 Å². The topological polar surface area (TPSA) is 67.1 Å². The Balaban J connectivity index is 1.67. The zero-order valence-electron chi connectivity index (χ0n) is 14.4. The molecule has 3 aromatic heterocycles. The van der Waals surface area contributed by atoms with Crippen LogP contribution in [0.25, 0.3) is 0 Å². The molecule has 3 aromatic rings. The van der Waals surface area contributed by atoms with Crippen LogP contribution in [0.4, 0.5) is 0 Å². The van der Waals surface area contributed by atoms with E-state index in [2.05, 4.69) is 30.5 Å². The summed E-state index contributed by atoms with van der Waals surface area (Å²) in [4.78, 5) is 15.0. The lowest BCUT2D eigenvalue weighted by Crippen LogP contribution is -2.25. The summed E-state index contributed by atoms with van der Waals surface area (Å²) in [5.74, 6) is 0.247. The van der Waals surface area contributed by atoms with Gasteiger partial charge in [0.15, 0.2) is 0 Å². The van der Waals surface area contributed by atoms with Crippen LogP contribution in [-0.4, -0.2) is 36.1 Å². The SMILES string of the molecule is Cc1ccc(O)c(CN(CCCn2ccnc2)Cc2cccnc2)n1. The van der Waals surface area contributed by atoms with Crippen molar-refractivity contribution < 1.29 is 5.11 Å². The third-order valence-corrected chi connectivity index (χ3v) is 4.04. The van der Waals surface area contributed by atoms with E-state index < -0.39 is 0 Å². The standard InChI is InChI=1S/C19H23N5O/c1-16-5-6-19(25)18(22-16)14-24(13-17-4-2-7-20-12-17)10-3-9-23-11-8-21-15-23/h2,4-8,11-12,15,25H,3,9-10,13-14H2,1H3. The molecule has 0 aliphatic carbocycles. The fourth-order valence-corrected chi connectivity index (χ4v) is 2.79. The molecule has 0 atom stereocenters. The number of hydrogen-bond donors (Lipinski definition) is 1. The fourth-order valence-electron chi connectivity index (χ4n) is 2.79. The highest BCUT2D eigenvalue weighted by Crippen LogP contribution is 2.18.